The summed E-state index contributed by atoms with van der Waals surface area (Å²) in [7, 11) is 0. The number of hydrogen-bond acceptors (Lipinski definition) is 1. The molecule has 0 bridgehead atoms. The van der Waals surface area contributed by atoms with Crippen molar-refractivity contribution in [3.8, 4) is 5.75 Å². The Hall–Kier alpha value is -1.61. The van der Waals surface area contributed by atoms with Crippen LogP contribution in [0.3, 0.4) is 0 Å². The maximum atomic E-state index is 13.9. The van der Waals surface area contributed by atoms with Gasteiger partial charge in [-0.1, -0.05) is 42.5 Å². The molecule has 0 aliphatic rings. The highest BCUT2D eigenvalue weighted by atomic mass is 35.5. The van der Waals surface area contributed by atoms with Gasteiger partial charge in [0.2, 0.25) is 0 Å². The molecule has 0 fully saturated rings. The molecule has 0 radical (unpaired) electrons. The van der Waals surface area contributed by atoms with Crippen LogP contribution in [0.5, 0.6) is 5.75 Å². The van der Waals surface area contributed by atoms with Crippen molar-refractivity contribution >= 4 is 11.6 Å². The van der Waals surface area contributed by atoms with Crippen molar-refractivity contribution in [3.63, 3.8) is 0 Å². The molecule has 19 heavy (non-hydrogen) atoms. The Kier molecular flexibility index (Phi) is 4.38. The summed E-state index contributed by atoms with van der Waals surface area (Å²) in [6.07, 6.45) is 0. The number of halogens is 3. The number of alkyl halides is 3. The average molecular weight is 283 g/mol. The first-order valence-electron chi connectivity index (χ1n) is 5.83. The van der Waals surface area contributed by atoms with Crippen LogP contribution in [0, 0.1) is 0 Å². The van der Waals surface area contributed by atoms with Gasteiger partial charge in [0, 0.05) is 11.4 Å². The van der Waals surface area contributed by atoms with E-state index in [9.17, 15) is 8.78 Å². The van der Waals surface area contributed by atoms with Crippen LogP contribution in [0.1, 0.15) is 11.1 Å². The lowest BCUT2D eigenvalue weighted by molar-refractivity contribution is -0.0467. The number of rotatable bonds is 5. The van der Waals surface area contributed by atoms with E-state index in [4.69, 9.17) is 16.3 Å². The van der Waals surface area contributed by atoms with Crippen molar-refractivity contribution in [2.75, 3.05) is 6.61 Å². The third kappa shape index (κ3) is 3.67. The zero-order chi connectivity index (χ0) is 13.7. The predicted octanol–water partition coefficient (Wildman–Crippen LogP) is 4.60. The summed E-state index contributed by atoms with van der Waals surface area (Å²) in [5.41, 5.74) is 0.783. The molecule has 0 aromatic heterocycles. The van der Waals surface area contributed by atoms with Gasteiger partial charge in [-0.15, -0.1) is 11.6 Å². The van der Waals surface area contributed by atoms with E-state index in [0.717, 1.165) is 5.56 Å². The van der Waals surface area contributed by atoms with Gasteiger partial charge >= 0.3 is 5.92 Å². The van der Waals surface area contributed by atoms with Crippen LogP contribution < -0.4 is 4.74 Å². The monoisotopic (exact) mass is 282 g/mol. The fourth-order valence-electron chi connectivity index (χ4n) is 1.66. The second-order valence-electron chi connectivity index (χ2n) is 4.14. The second kappa shape index (κ2) is 6.02. The first-order valence-corrected chi connectivity index (χ1v) is 6.36. The van der Waals surface area contributed by atoms with Crippen LogP contribution in [0.4, 0.5) is 8.78 Å². The van der Waals surface area contributed by atoms with Gasteiger partial charge in [0.25, 0.3) is 0 Å². The van der Waals surface area contributed by atoms with Gasteiger partial charge in [-0.25, -0.2) is 0 Å². The molecule has 0 aliphatic heterocycles. The van der Waals surface area contributed by atoms with Crippen molar-refractivity contribution in [3.05, 3.63) is 65.7 Å². The highest BCUT2D eigenvalue weighted by Gasteiger charge is 2.32. The van der Waals surface area contributed by atoms with E-state index in [1.165, 1.54) is 12.1 Å². The van der Waals surface area contributed by atoms with Crippen LogP contribution >= 0.6 is 11.6 Å². The van der Waals surface area contributed by atoms with Crippen molar-refractivity contribution in [2.45, 2.75) is 11.8 Å². The Morgan fingerprint density at radius 1 is 1.00 bits per heavy atom. The van der Waals surface area contributed by atoms with Gasteiger partial charge in [0.05, 0.1) is 0 Å². The number of hydrogen-bond donors (Lipinski definition) is 0. The van der Waals surface area contributed by atoms with Gasteiger partial charge in [0.1, 0.15) is 5.75 Å². The largest absolute Gasteiger partial charge is 0.487 e. The molecule has 0 saturated carbocycles. The third-order valence-corrected chi connectivity index (χ3v) is 2.98. The Balaban J connectivity index is 2.05. The first-order chi connectivity index (χ1) is 9.12. The fourth-order valence-corrected chi connectivity index (χ4v) is 1.82. The van der Waals surface area contributed by atoms with Crippen molar-refractivity contribution in [2.24, 2.45) is 0 Å². The van der Waals surface area contributed by atoms with E-state index in [0.29, 0.717) is 11.6 Å². The van der Waals surface area contributed by atoms with Crippen LogP contribution in [-0.2, 0) is 11.8 Å². The van der Waals surface area contributed by atoms with E-state index in [1.54, 1.807) is 36.4 Å². The quantitative estimate of drug-likeness (QED) is 0.729. The standard InChI is InChI=1S/C15H13ClF2O/c16-10-12-5-4-8-14(9-12)19-11-15(17,18)13-6-2-1-3-7-13/h1-9H,10-11H2. The molecule has 0 amide bonds. The number of benzene rings is 2. The molecular formula is C15H13ClF2O. The molecule has 1 nitrogen and oxygen atoms in total. The van der Waals surface area contributed by atoms with Crippen molar-refractivity contribution < 1.29 is 13.5 Å². The number of ether oxygens (including phenoxy) is 1. The molecule has 2 aromatic rings. The van der Waals surface area contributed by atoms with E-state index in [1.807, 2.05) is 6.07 Å². The van der Waals surface area contributed by atoms with E-state index < -0.39 is 12.5 Å². The molecule has 0 saturated heterocycles. The van der Waals surface area contributed by atoms with Gasteiger partial charge in [-0.2, -0.15) is 8.78 Å². The molecule has 2 rings (SSSR count). The molecule has 0 atom stereocenters. The smallest absolute Gasteiger partial charge is 0.306 e. The van der Waals surface area contributed by atoms with E-state index >= 15 is 0 Å². The molecule has 0 unspecified atom stereocenters. The van der Waals surface area contributed by atoms with Crippen LogP contribution in [0.25, 0.3) is 0 Å². The van der Waals surface area contributed by atoms with Gasteiger partial charge in [0.15, 0.2) is 6.61 Å². The maximum absolute atomic E-state index is 13.9. The molecule has 0 spiro atoms. The minimum Gasteiger partial charge on any atom is -0.487 e. The third-order valence-electron chi connectivity index (χ3n) is 2.67. The summed E-state index contributed by atoms with van der Waals surface area (Å²) < 4.78 is 32.9. The summed E-state index contributed by atoms with van der Waals surface area (Å²) in [6.45, 7) is -0.692. The lowest BCUT2D eigenvalue weighted by atomic mass is 10.1. The molecule has 4 heteroatoms. The van der Waals surface area contributed by atoms with Gasteiger partial charge in [-0.05, 0) is 17.7 Å². The zero-order valence-corrected chi connectivity index (χ0v) is 10.9. The molecule has 0 N–H and O–H groups in total. The summed E-state index contributed by atoms with van der Waals surface area (Å²) in [5.74, 6) is -2.29. The molecule has 0 aliphatic carbocycles. The highest BCUT2D eigenvalue weighted by molar-refractivity contribution is 6.17. The van der Waals surface area contributed by atoms with Gasteiger partial charge in [-0.3, -0.25) is 0 Å². The Morgan fingerprint density at radius 3 is 2.42 bits per heavy atom. The Labute approximate surface area is 115 Å². The maximum Gasteiger partial charge on any atom is 0.306 e. The molecule has 100 valence electrons. The SMILES string of the molecule is FC(F)(COc1cccc(CCl)c1)c1ccccc1. The first kappa shape index (κ1) is 13.8. The zero-order valence-electron chi connectivity index (χ0n) is 10.2. The minimum absolute atomic E-state index is 0.0523. The Bertz CT molecular complexity index is 529. The molecular weight excluding hydrogens is 270 g/mol. The summed E-state index contributed by atoms with van der Waals surface area (Å²) >= 11 is 5.68. The second-order valence-corrected chi connectivity index (χ2v) is 4.41. The van der Waals surface area contributed by atoms with E-state index in [-0.39, 0.29) is 5.56 Å². The molecule has 0 heterocycles. The lowest BCUT2D eigenvalue weighted by Crippen LogP contribution is -2.23. The minimum atomic E-state index is -3.02. The lowest BCUT2D eigenvalue weighted by Gasteiger charge is -2.17. The van der Waals surface area contributed by atoms with Crippen LogP contribution in [0.15, 0.2) is 54.6 Å². The summed E-state index contributed by atoms with van der Waals surface area (Å²) in [5, 5.41) is 0. The highest BCUT2D eigenvalue weighted by Crippen LogP contribution is 2.28. The summed E-state index contributed by atoms with van der Waals surface area (Å²) in [4.78, 5) is 0. The van der Waals surface area contributed by atoms with Gasteiger partial charge < -0.3 is 4.74 Å². The Morgan fingerprint density at radius 2 is 1.74 bits per heavy atom. The topological polar surface area (TPSA) is 9.23 Å². The van der Waals surface area contributed by atoms with Crippen LogP contribution in [-0.4, -0.2) is 6.61 Å². The van der Waals surface area contributed by atoms with E-state index in [2.05, 4.69) is 0 Å². The van der Waals surface area contributed by atoms with Crippen LogP contribution in [0.2, 0.25) is 0 Å². The molecule has 2 aromatic carbocycles. The van der Waals surface area contributed by atoms with Crippen molar-refractivity contribution in [1.29, 1.82) is 0 Å². The van der Waals surface area contributed by atoms with Crippen molar-refractivity contribution in [1.82, 2.24) is 0 Å². The fraction of sp³-hybridized carbons (Fsp3) is 0.200. The average Bonchev–Trinajstić information content (AvgIpc) is 2.46. The normalized spacial score (nSPS) is 11.3. The summed E-state index contributed by atoms with van der Waals surface area (Å²) in [6, 6.07) is 14.5. The predicted molar refractivity (Wildman–Crippen MR) is 71.8 cm³/mol.